The summed E-state index contributed by atoms with van der Waals surface area (Å²) in [6, 6.07) is 12.9. The average molecular weight is 472 g/mol. The quantitative estimate of drug-likeness (QED) is 0.395. The van der Waals surface area contributed by atoms with Crippen LogP contribution in [0.3, 0.4) is 0 Å². The van der Waals surface area contributed by atoms with E-state index in [1.165, 1.54) is 17.2 Å². The van der Waals surface area contributed by atoms with Crippen LogP contribution in [-0.4, -0.2) is 29.1 Å². The Balaban J connectivity index is 1.31. The van der Waals surface area contributed by atoms with Gasteiger partial charge in [0.1, 0.15) is 5.82 Å². The molecular weight excluding hydrogens is 441 g/mol. The van der Waals surface area contributed by atoms with Crippen LogP contribution >= 0.6 is 0 Å². The molecule has 1 aliphatic carbocycles. The van der Waals surface area contributed by atoms with Gasteiger partial charge >= 0.3 is 5.97 Å². The summed E-state index contributed by atoms with van der Waals surface area (Å²) in [5, 5.41) is 16.5. The van der Waals surface area contributed by atoms with Crippen molar-refractivity contribution in [2.45, 2.75) is 44.4 Å². The fourth-order valence-electron chi connectivity index (χ4n) is 5.07. The smallest absolute Gasteiger partial charge is 0.337 e. The lowest BCUT2D eigenvalue weighted by molar-refractivity contribution is 0.0695. The minimum Gasteiger partial charge on any atom is -0.478 e. The first-order chi connectivity index (χ1) is 17.0. The van der Waals surface area contributed by atoms with Crippen molar-refractivity contribution in [3.8, 4) is 0 Å². The van der Waals surface area contributed by atoms with E-state index < -0.39 is 5.97 Å². The number of nitrogens with one attached hydrogen (secondary N) is 2. The number of benzene rings is 2. The Morgan fingerprint density at radius 3 is 2.86 bits per heavy atom. The van der Waals surface area contributed by atoms with Gasteiger partial charge in [0, 0.05) is 37.3 Å². The number of carboxylic acid groups (broad SMARTS) is 1. The van der Waals surface area contributed by atoms with E-state index in [1.807, 2.05) is 18.5 Å². The Bertz CT molecular complexity index is 1280. The number of pyridine rings is 1. The third-order valence-corrected chi connectivity index (χ3v) is 6.90. The molecule has 2 aliphatic rings. The van der Waals surface area contributed by atoms with Crippen molar-refractivity contribution < 1.29 is 14.3 Å². The first-order valence-electron chi connectivity index (χ1n) is 12.2. The van der Waals surface area contributed by atoms with Gasteiger partial charge in [-0.25, -0.2) is 9.18 Å². The zero-order valence-electron chi connectivity index (χ0n) is 19.9. The summed E-state index contributed by atoms with van der Waals surface area (Å²) in [7, 11) is 0. The summed E-state index contributed by atoms with van der Waals surface area (Å²) in [5.41, 5.74) is 7.52. The molecule has 180 valence electrons. The summed E-state index contributed by atoms with van der Waals surface area (Å²) in [6.45, 7) is 3.49. The molecule has 0 spiro atoms. The lowest BCUT2D eigenvalue weighted by Crippen LogP contribution is -2.18. The van der Waals surface area contributed by atoms with Crippen LogP contribution in [0.5, 0.6) is 0 Å². The van der Waals surface area contributed by atoms with E-state index in [9.17, 15) is 14.3 Å². The minimum atomic E-state index is -0.919. The van der Waals surface area contributed by atoms with Crippen molar-refractivity contribution in [2.24, 2.45) is 0 Å². The Morgan fingerprint density at radius 2 is 2.09 bits per heavy atom. The van der Waals surface area contributed by atoms with Gasteiger partial charge < -0.3 is 15.7 Å². The van der Waals surface area contributed by atoms with Crippen LogP contribution in [0.2, 0.25) is 0 Å². The molecule has 5 nitrogen and oxygen atoms in total. The molecular formula is C29H30FN3O2. The maximum Gasteiger partial charge on any atom is 0.337 e. The summed E-state index contributed by atoms with van der Waals surface area (Å²) in [6.07, 6.45) is 9.41. The Labute approximate surface area is 205 Å². The second-order valence-corrected chi connectivity index (χ2v) is 9.59. The fourth-order valence-corrected chi connectivity index (χ4v) is 5.07. The van der Waals surface area contributed by atoms with E-state index in [4.69, 9.17) is 0 Å². The molecule has 0 bridgehead atoms. The molecule has 1 atom stereocenters. The number of anilines is 1. The van der Waals surface area contributed by atoms with Crippen molar-refractivity contribution in [1.29, 1.82) is 0 Å². The zero-order valence-corrected chi connectivity index (χ0v) is 19.9. The zero-order chi connectivity index (χ0) is 24.4. The maximum absolute atomic E-state index is 13.7. The predicted octanol–water partition coefficient (Wildman–Crippen LogP) is 5.66. The lowest BCUT2D eigenvalue weighted by Gasteiger charge is -2.22. The standard InChI is InChI=1S/C29H30FN3O2/c1-18-11-25(32-10-8-27-26(29(34)35)15-22(17-33-27)20-5-6-20)14-21-7-9-31-16-23(28(18)21)12-19-3-2-4-24(30)13-19/h2-4,7,9,11,13-15,17,20,23,31-32H,5-6,8,10,12,16H2,1H3,(H,34,35). The summed E-state index contributed by atoms with van der Waals surface area (Å²) in [4.78, 5) is 16.3. The molecule has 1 fully saturated rings. The Hall–Kier alpha value is -3.67. The second kappa shape index (κ2) is 9.90. The van der Waals surface area contributed by atoms with Gasteiger partial charge in [0.2, 0.25) is 0 Å². The van der Waals surface area contributed by atoms with Gasteiger partial charge in [-0.2, -0.15) is 0 Å². The minimum absolute atomic E-state index is 0.207. The first kappa shape index (κ1) is 23.1. The van der Waals surface area contributed by atoms with Crippen LogP contribution in [0.15, 0.2) is 54.9 Å². The van der Waals surface area contributed by atoms with E-state index in [0.29, 0.717) is 30.1 Å². The molecule has 5 rings (SSSR count). The van der Waals surface area contributed by atoms with E-state index in [-0.39, 0.29) is 11.7 Å². The van der Waals surface area contributed by atoms with Gasteiger partial charge in [-0.15, -0.1) is 0 Å². The number of halogens is 1. The number of carbonyl (C=O) groups is 1. The number of hydrogen-bond donors (Lipinski definition) is 3. The van der Waals surface area contributed by atoms with Crippen LogP contribution in [-0.2, 0) is 12.8 Å². The van der Waals surface area contributed by atoms with Gasteiger partial charge in [0.05, 0.1) is 11.3 Å². The van der Waals surface area contributed by atoms with Crippen LogP contribution < -0.4 is 10.6 Å². The molecule has 1 saturated carbocycles. The topological polar surface area (TPSA) is 74.2 Å². The predicted molar refractivity (Wildman–Crippen MR) is 136 cm³/mol. The molecule has 2 aromatic carbocycles. The summed E-state index contributed by atoms with van der Waals surface area (Å²) < 4.78 is 13.7. The molecule has 2 heterocycles. The number of hydrogen-bond acceptors (Lipinski definition) is 4. The number of nitrogens with zero attached hydrogens (tertiary/aromatic N) is 1. The Kier molecular flexibility index (Phi) is 6.53. The highest BCUT2D eigenvalue weighted by Crippen LogP contribution is 2.40. The molecule has 3 N–H and O–H groups in total. The van der Waals surface area contributed by atoms with E-state index in [1.54, 1.807) is 18.2 Å². The fraction of sp³-hybridized carbons (Fsp3) is 0.310. The van der Waals surface area contributed by atoms with Crippen molar-refractivity contribution in [2.75, 3.05) is 18.4 Å². The number of aromatic nitrogens is 1. The second-order valence-electron chi connectivity index (χ2n) is 9.59. The molecule has 35 heavy (non-hydrogen) atoms. The first-order valence-corrected chi connectivity index (χ1v) is 12.2. The van der Waals surface area contributed by atoms with Gasteiger partial charge in [-0.1, -0.05) is 12.1 Å². The summed E-state index contributed by atoms with van der Waals surface area (Å²) in [5.74, 6) is -0.426. The molecule has 1 unspecified atom stereocenters. The summed E-state index contributed by atoms with van der Waals surface area (Å²) >= 11 is 0. The molecule has 0 saturated heterocycles. The van der Waals surface area contributed by atoms with Crippen molar-refractivity contribution >= 4 is 17.7 Å². The van der Waals surface area contributed by atoms with Crippen molar-refractivity contribution in [3.63, 3.8) is 0 Å². The monoisotopic (exact) mass is 471 g/mol. The Morgan fingerprint density at radius 1 is 1.23 bits per heavy atom. The van der Waals surface area contributed by atoms with E-state index in [0.717, 1.165) is 48.2 Å². The molecule has 1 aliphatic heterocycles. The molecule has 0 radical (unpaired) electrons. The highest BCUT2D eigenvalue weighted by atomic mass is 19.1. The van der Waals surface area contributed by atoms with Crippen LogP contribution in [0.4, 0.5) is 10.1 Å². The number of carboxylic acids is 1. The van der Waals surface area contributed by atoms with E-state index >= 15 is 0 Å². The molecule has 6 heteroatoms. The van der Waals surface area contributed by atoms with Crippen molar-refractivity contribution in [1.82, 2.24) is 10.3 Å². The normalized spacial score (nSPS) is 16.8. The maximum atomic E-state index is 13.7. The third-order valence-electron chi connectivity index (χ3n) is 6.90. The van der Waals surface area contributed by atoms with Gasteiger partial charge in [-0.3, -0.25) is 4.98 Å². The highest BCUT2D eigenvalue weighted by molar-refractivity contribution is 5.89. The van der Waals surface area contributed by atoms with Crippen molar-refractivity contribution in [3.05, 3.63) is 99.8 Å². The number of fused-ring (bicyclic) bond motifs is 1. The molecule has 3 aromatic rings. The van der Waals surface area contributed by atoms with Gasteiger partial charge in [-0.05, 0) is 103 Å². The van der Waals surface area contributed by atoms with Crippen LogP contribution in [0.1, 0.15) is 68.5 Å². The van der Waals surface area contributed by atoms with E-state index in [2.05, 4.69) is 40.8 Å². The number of aromatic carboxylic acids is 1. The average Bonchev–Trinajstić information content (AvgIpc) is 3.67. The number of rotatable bonds is 8. The number of aryl methyl sites for hydroxylation is 1. The third kappa shape index (κ3) is 5.37. The largest absolute Gasteiger partial charge is 0.478 e. The van der Waals surface area contributed by atoms with Crippen LogP contribution in [0, 0.1) is 12.7 Å². The highest BCUT2D eigenvalue weighted by Gasteiger charge is 2.26. The van der Waals surface area contributed by atoms with Crippen LogP contribution in [0.25, 0.3) is 6.08 Å². The molecule has 0 amide bonds. The molecule has 1 aromatic heterocycles. The SMILES string of the molecule is Cc1cc(NCCc2ncc(C3CC3)cc2C(=O)O)cc2c1C(Cc1cccc(F)c1)CNC=C2. The van der Waals surface area contributed by atoms with Gasteiger partial charge in [0.25, 0.3) is 0 Å². The lowest BCUT2D eigenvalue weighted by atomic mass is 9.86. The van der Waals surface area contributed by atoms with Gasteiger partial charge in [0.15, 0.2) is 0 Å².